The number of rotatable bonds is 9. The molecule has 2 aromatic rings. The van der Waals surface area contributed by atoms with Crippen molar-refractivity contribution >= 4 is 35.1 Å². The molecule has 5 N–H and O–H groups in total. The van der Waals surface area contributed by atoms with Gasteiger partial charge in [0.25, 0.3) is 0 Å². The highest BCUT2D eigenvalue weighted by atomic mass is 16.4. The zero-order valence-electron chi connectivity index (χ0n) is 22.6. The van der Waals surface area contributed by atoms with Gasteiger partial charge in [0.1, 0.15) is 11.7 Å². The Morgan fingerprint density at radius 2 is 1.73 bits per heavy atom. The lowest BCUT2D eigenvalue weighted by Crippen LogP contribution is -2.47. The van der Waals surface area contributed by atoms with Crippen LogP contribution < -0.4 is 15.5 Å². The van der Waals surface area contributed by atoms with E-state index in [9.17, 15) is 29.7 Å². The van der Waals surface area contributed by atoms with Crippen LogP contribution in [0, 0.1) is 5.92 Å². The zero-order valence-corrected chi connectivity index (χ0v) is 22.6. The number of allylic oxidation sites excluding steroid dienone is 1. The molecule has 4 rings (SSSR count). The molecule has 212 valence electrons. The number of aliphatic carboxylic acids is 2. The minimum Gasteiger partial charge on any atom is -0.508 e. The molecule has 1 saturated heterocycles. The van der Waals surface area contributed by atoms with Gasteiger partial charge in [0.2, 0.25) is 0 Å². The van der Waals surface area contributed by atoms with Crippen molar-refractivity contribution in [3.8, 4) is 5.75 Å². The van der Waals surface area contributed by atoms with Crippen LogP contribution in [0.2, 0.25) is 0 Å². The Bertz CT molecular complexity index is 1330. The van der Waals surface area contributed by atoms with Crippen LogP contribution in [0.25, 0.3) is 0 Å². The third kappa shape index (κ3) is 6.78. The minimum absolute atomic E-state index is 0.0673. The minimum atomic E-state index is -1.22. The molecular formula is C29H35N5O6. The number of carbonyl (C=O) groups excluding carboxylic acids is 1. The quantitative estimate of drug-likeness (QED) is 0.298. The van der Waals surface area contributed by atoms with Gasteiger partial charge in [-0.2, -0.15) is 0 Å². The van der Waals surface area contributed by atoms with E-state index in [-0.39, 0.29) is 17.0 Å². The lowest BCUT2D eigenvalue weighted by molar-refractivity contribution is -0.140. The van der Waals surface area contributed by atoms with Crippen LogP contribution in [0.3, 0.4) is 0 Å². The zero-order chi connectivity index (χ0) is 28.8. The fourth-order valence-corrected chi connectivity index (χ4v) is 5.40. The summed E-state index contributed by atoms with van der Waals surface area (Å²) >= 11 is 0. The van der Waals surface area contributed by atoms with Crippen molar-refractivity contribution < 1.29 is 29.7 Å². The Balaban J connectivity index is 1.28. The van der Waals surface area contributed by atoms with Crippen molar-refractivity contribution in [3.05, 3.63) is 65.4 Å². The molecule has 1 fully saturated rings. The molecular weight excluding hydrogens is 514 g/mol. The Labute approximate surface area is 232 Å². The van der Waals surface area contributed by atoms with E-state index < -0.39 is 29.8 Å². The Morgan fingerprint density at radius 3 is 2.40 bits per heavy atom. The first-order valence-corrected chi connectivity index (χ1v) is 13.3. The van der Waals surface area contributed by atoms with Crippen molar-refractivity contribution in [3.63, 3.8) is 0 Å². The van der Waals surface area contributed by atoms with Gasteiger partial charge in [-0.15, -0.1) is 0 Å². The largest absolute Gasteiger partial charge is 0.508 e. The number of hydrogen-bond acceptors (Lipinski definition) is 7. The average Bonchev–Trinajstić information content (AvgIpc) is 2.90. The van der Waals surface area contributed by atoms with Crippen LogP contribution in [0.15, 0.2) is 64.8 Å². The molecule has 2 amide bonds. The number of carboxylic acids is 2. The van der Waals surface area contributed by atoms with Crippen molar-refractivity contribution in [2.24, 2.45) is 10.9 Å². The Morgan fingerprint density at radius 1 is 1.00 bits per heavy atom. The molecule has 0 radical (unpaired) electrons. The molecule has 2 aromatic carbocycles. The number of urea groups is 1. The number of piperazine rings is 1. The number of hydrogen-bond donors (Lipinski definition) is 5. The van der Waals surface area contributed by atoms with E-state index in [1.807, 2.05) is 12.1 Å². The topological polar surface area (TPSA) is 155 Å². The van der Waals surface area contributed by atoms with E-state index in [0.29, 0.717) is 23.5 Å². The molecule has 0 aromatic heterocycles. The van der Waals surface area contributed by atoms with Crippen LogP contribution in [-0.4, -0.2) is 83.2 Å². The molecule has 0 bridgehead atoms. The highest BCUT2D eigenvalue weighted by Gasteiger charge is 2.41. The second-order valence-corrected chi connectivity index (χ2v) is 10.1. The molecule has 0 spiro atoms. The van der Waals surface area contributed by atoms with Gasteiger partial charge in [0, 0.05) is 67.5 Å². The number of amides is 2. The van der Waals surface area contributed by atoms with Crippen molar-refractivity contribution in [2.75, 3.05) is 49.5 Å². The molecule has 0 aliphatic carbocycles. The number of phenolic OH excluding ortho intramolecular Hbond substituents is 1. The van der Waals surface area contributed by atoms with E-state index >= 15 is 0 Å². The average molecular weight is 550 g/mol. The predicted molar refractivity (Wildman–Crippen MR) is 152 cm³/mol. The third-order valence-electron chi connectivity index (χ3n) is 7.33. The van der Waals surface area contributed by atoms with E-state index in [2.05, 4.69) is 25.4 Å². The number of nitrogens with one attached hydrogen (secondary N) is 2. The van der Waals surface area contributed by atoms with E-state index in [0.717, 1.165) is 44.8 Å². The summed E-state index contributed by atoms with van der Waals surface area (Å²) in [6, 6.07) is 13.5. The number of anilines is 2. The van der Waals surface area contributed by atoms with Crippen LogP contribution in [0.5, 0.6) is 5.75 Å². The van der Waals surface area contributed by atoms with Crippen LogP contribution in [-0.2, 0) is 9.59 Å². The van der Waals surface area contributed by atoms with Crippen LogP contribution in [0.4, 0.5) is 16.2 Å². The second kappa shape index (κ2) is 12.6. The van der Waals surface area contributed by atoms with Gasteiger partial charge in [-0.05, 0) is 56.6 Å². The lowest BCUT2D eigenvalue weighted by Gasteiger charge is -2.36. The number of carboxylic acid groups (broad SMARTS) is 2. The number of carbonyl (C=O) groups is 3. The smallest absolute Gasteiger partial charge is 0.334 e. The summed E-state index contributed by atoms with van der Waals surface area (Å²) < 4.78 is 0. The first-order valence-electron chi connectivity index (χ1n) is 13.3. The van der Waals surface area contributed by atoms with Gasteiger partial charge in [-0.1, -0.05) is 18.2 Å². The molecule has 2 unspecified atom stereocenters. The van der Waals surface area contributed by atoms with Crippen molar-refractivity contribution in [1.82, 2.24) is 10.2 Å². The molecule has 11 nitrogen and oxygen atoms in total. The van der Waals surface area contributed by atoms with Gasteiger partial charge >= 0.3 is 18.0 Å². The monoisotopic (exact) mass is 549 g/mol. The number of aliphatic imine (C=N–C) groups is 1. The third-order valence-corrected chi connectivity index (χ3v) is 7.33. The highest BCUT2D eigenvalue weighted by Crippen LogP contribution is 2.39. The highest BCUT2D eigenvalue weighted by molar-refractivity contribution is 6.06. The first kappa shape index (κ1) is 28.6. The molecule has 2 aliphatic rings. The molecule has 11 heteroatoms. The fraction of sp³-hybridized carbons (Fsp3) is 0.379. The summed E-state index contributed by atoms with van der Waals surface area (Å²) in [5.41, 5.74) is 2.45. The van der Waals surface area contributed by atoms with E-state index in [1.165, 1.54) is 0 Å². The normalized spacial score (nSPS) is 19.6. The summed E-state index contributed by atoms with van der Waals surface area (Å²) in [5.74, 6) is -4.18. The van der Waals surface area contributed by atoms with Crippen LogP contribution in [0.1, 0.15) is 31.7 Å². The number of nitrogens with zero attached hydrogens (tertiary/aromatic N) is 3. The van der Waals surface area contributed by atoms with Crippen molar-refractivity contribution in [2.45, 2.75) is 26.2 Å². The maximum absolute atomic E-state index is 12.5. The van der Waals surface area contributed by atoms with Gasteiger partial charge in [0.05, 0.1) is 5.57 Å². The summed E-state index contributed by atoms with van der Waals surface area (Å²) in [7, 11) is 0. The summed E-state index contributed by atoms with van der Waals surface area (Å²) in [5, 5.41) is 35.0. The standard InChI is InChI=1S/C29H35N5O6/c1-18-24(27(36)37)26(25(28(38)39)19(2)31-18)20-6-3-7-21(16-20)32-29(40)30-10-5-11-33-12-14-34(15-13-33)22-8-4-9-23(35)17-22/h3-4,6-9,16-17,24,26,35H,5,10-15H2,1-2H3,(H,36,37)(H,38,39)(H2,30,32,40). The summed E-state index contributed by atoms with van der Waals surface area (Å²) in [6.07, 6.45) is 0.770. The van der Waals surface area contributed by atoms with Crippen LogP contribution >= 0.6 is 0 Å². The number of aromatic hydroxyl groups is 1. The first-order chi connectivity index (χ1) is 19.1. The van der Waals surface area contributed by atoms with E-state index in [1.54, 1.807) is 50.2 Å². The SMILES string of the molecule is CC1=NC(C)=C(C(=O)O)C(c2cccc(NC(=O)NCCCN3CCN(c4cccc(O)c4)CC3)c2)C1C(=O)O. The number of benzene rings is 2. The molecule has 2 atom stereocenters. The van der Waals surface area contributed by atoms with E-state index in [4.69, 9.17) is 0 Å². The predicted octanol–water partition coefficient (Wildman–Crippen LogP) is 3.34. The Kier molecular flexibility index (Phi) is 9.05. The molecule has 2 aliphatic heterocycles. The second-order valence-electron chi connectivity index (χ2n) is 10.1. The summed E-state index contributed by atoms with van der Waals surface area (Å²) in [4.78, 5) is 45.4. The van der Waals surface area contributed by atoms with Crippen molar-refractivity contribution in [1.29, 1.82) is 0 Å². The van der Waals surface area contributed by atoms with Gasteiger partial charge in [0.15, 0.2) is 0 Å². The number of phenols is 1. The Hall–Kier alpha value is -4.38. The fourth-order valence-electron chi connectivity index (χ4n) is 5.40. The molecule has 40 heavy (non-hydrogen) atoms. The maximum atomic E-state index is 12.5. The lowest BCUT2D eigenvalue weighted by atomic mass is 9.75. The molecule has 2 heterocycles. The maximum Gasteiger partial charge on any atom is 0.334 e. The summed E-state index contributed by atoms with van der Waals surface area (Å²) in [6.45, 7) is 7.96. The van der Waals surface area contributed by atoms with Gasteiger partial charge < -0.3 is 30.9 Å². The molecule has 0 saturated carbocycles. The van der Waals surface area contributed by atoms with Gasteiger partial charge in [-0.25, -0.2) is 9.59 Å². The van der Waals surface area contributed by atoms with Gasteiger partial charge in [-0.3, -0.25) is 14.7 Å².